The van der Waals surface area contributed by atoms with Gasteiger partial charge in [-0.15, -0.1) is 0 Å². The van der Waals surface area contributed by atoms with Crippen molar-refractivity contribution in [3.8, 4) is 5.75 Å². The molecule has 0 saturated heterocycles. The second-order valence-electron chi connectivity index (χ2n) is 4.85. The summed E-state index contributed by atoms with van der Waals surface area (Å²) >= 11 is 0. The third-order valence-corrected chi connectivity index (χ3v) is 3.30. The van der Waals surface area contributed by atoms with Crippen LogP contribution in [0, 0.1) is 6.92 Å². The minimum atomic E-state index is -0.180. The van der Waals surface area contributed by atoms with E-state index < -0.39 is 0 Å². The molecule has 0 aliphatic heterocycles. The van der Waals surface area contributed by atoms with Gasteiger partial charge < -0.3 is 15.4 Å². The quantitative estimate of drug-likeness (QED) is 0.877. The van der Waals surface area contributed by atoms with Crippen LogP contribution >= 0.6 is 0 Å². The Bertz CT molecular complexity index is 636. The van der Waals surface area contributed by atoms with Gasteiger partial charge in [0.05, 0.1) is 6.61 Å². The molecule has 0 saturated carbocycles. The number of anilines is 2. The van der Waals surface area contributed by atoms with E-state index in [-0.39, 0.29) is 5.91 Å². The normalized spacial score (nSPS) is 10.2. The number of aryl methyl sites for hydroxylation is 1. The summed E-state index contributed by atoms with van der Waals surface area (Å²) < 4.78 is 5.52. The average molecular weight is 284 g/mol. The van der Waals surface area contributed by atoms with Gasteiger partial charge in [0, 0.05) is 18.4 Å². The molecule has 0 aliphatic rings. The number of benzene rings is 2. The molecular formula is C17H20N2O2. The van der Waals surface area contributed by atoms with Crippen LogP contribution in [0.1, 0.15) is 22.8 Å². The Morgan fingerprint density at radius 2 is 1.86 bits per heavy atom. The van der Waals surface area contributed by atoms with Crippen molar-refractivity contribution in [1.29, 1.82) is 0 Å². The lowest BCUT2D eigenvalue weighted by Gasteiger charge is -2.20. The van der Waals surface area contributed by atoms with Crippen LogP contribution in [0.4, 0.5) is 11.4 Å². The fourth-order valence-electron chi connectivity index (χ4n) is 2.11. The zero-order valence-corrected chi connectivity index (χ0v) is 12.6. The van der Waals surface area contributed by atoms with Crippen molar-refractivity contribution < 1.29 is 9.53 Å². The molecule has 0 unspecified atom stereocenters. The minimum absolute atomic E-state index is 0.180. The molecule has 0 aromatic heterocycles. The smallest absolute Gasteiger partial charge is 0.263 e. The monoisotopic (exact) mass is 284 g/mol. The van der Waals surface area contributed by atoms with E-state index in [1.165, 1.54) is 0 Å². The maximum Gasteiger partial charge on any atom is 0.263 e. The van der Waals surface area contributed by atoms with Gasteiger partial charge in [0.2, 0.25) is 0 Å². The lowest BCUT2D eigenvalue weighted by atomic mass is 10.1. The first-order chi connectivity index (χ1) is 10.0. The second kappa shape index (κ2) is 6.31. The van der Waals surface area contributed by atoms with Crippen LogP contribution in [-0.4, -0.2) is 19.6 Å². The molecule has 4 nitrogen and oxygen atoms in total. The molecule has 0 bridgehead atoms. The van der Waals surface area contributed by atoms with Crippen molar-refractivity contribution in [2.24, 2.45) is 0 Å². The Morgan fingerprint density at radius 1 is 1.19 bits per heavy atom. The number of carbonyl (C=O) groups is 1. The van der Waals surface area contributed by atoms with Gasteiger partial charge in [-0.25, -0.2) is 0 Å². The maximum absolute atomic E-state index is 12.7. The molecule has 0 atom stereocenters. The summed E-state index contributed by atoms with van der Waals surface area (Å²) in [4.78, 5) is 14.3. The van der Waals surface area contributed by atoms with Crippen molar-refractivity contribution in [2.75, 3.05) is 24.3 Å². The highest BCUT2D eigenvalue weighted by Gasteiger charge is 2.20. The summed E-state index contributed by atoms with van der Waals surface area (Å²) in [5, 5.41) is 0. The van der Waals surface area contributed by atoms with Crippen molar-refractivity contribution in [2.45, 2.75) is 13.8 Å². The second-order valence-corrected chi connectivity index (χ2v) is 4.85. The fraction of sp³-hybridized carbons (Fsp3) is 0.235. The van der Waals surface area contributed by atoms with Crippen molar-refractivity contribution >= 4 is 17.3 Å². The van der Waals surface area contributed by atoms with E-state index in [0.717, 1.165) is 11.3 Å². The Balaban J connectivity index is 2.37. The van der Waals surface area contributed by atoms with Crippen LogP contribution in [0.25, 0.3) is 0 Å². The van der Waals surface area contributed by atoms with Crippen LogP contribution in [-0.2, 0) is 0 Å². The first kappa shape index (κ1) is 14.9. The average Bonchev–Trinajstić information content (AvgIpc) is 2.47. The summed E-state index contributed by atoms with van der Waals surface area (Å²) in [5.41, 5.74) is 8.75. The Labute approximate surface area is 125 Å². The Morgan fingerprint density at radius 3 is 2.48 bits per heavy atom. The van der Waals surface area contributed by atoms with E-state index >= 15 is 0 Å². The van der Waals surface area contributed by atoms with E-state index in [9.17, 15) is 4.79 Å². The van der Waals surface area contributed by atoms with Crippen molar-refractivity contribution in [3.05, 3.63) is 53.6 Å². The molecule has 0 spiro atoms. The topological polar surface area (TPSA) is 55.6 Å². The molecule has 0 heterocycles. The Hall–Kier alpha value is -2.49. The van der Waals surface area contributed by atoms with Crippen LogP contribution < -0.4 is 15.4 Å². The number of ether oxygens (including phenoxy) is 1. The molecule has 4 heteroatoms. The standard InChI is InChI=1S/C17H20N2O2/c1-4-21-15-7-5-6-14(18)16(15)17(20)19(3)13-10-8-12(2)9-11-13/h5-11H,4,18H2,1-3H3. The van der Waals surface area contributed by atoms with Gasteiger partial charge in [-0.05, 0) is 38.1 Å². The van der Waals surface area contributed by atoms with Gasteiger partial charge in [-0.2, -0.15) is 0 Å². The molecule has 0 fully saturated rings. The molecule has 2 aromatic carbocycles. The molecule has 0 radical (unpaired) electrons. The van der Waals surface area contributed by atoms with Crippen LogP contribution in [0.15, 0.2) is 42.5 Å². The van der Waals surface area contributed by atoms with E-state index in [0.29, 0.717) is 23.6 Å². The minimum Gasteiger partial charge on any atom is -0.493 e. The lowest BCUT2D eigenvalue weighted by molar-refractivity contribution is 0.0990. The SMILES string of the molecule is CCOc1cccc(N)c1C(=O)N(C)c1ccc(C)cc1. The van der Waals surface area contributed by atoms with Gasteiger partial charge >= 0.3 is 0 Å². The van der Waals surface area contributed by atoms with Gasteiger partial charge in [0.25, 0.3) is 5.91 Å². The summed E-state index contributed by atoms with van der Waals surface area (Å²) in [5.74, 6) is 0.335. The van der Waals surface area contributed by atoms with E-state index in [4.69, 9.17) is 10.5 Å². The van der Waals surface area contributed by atoms with Crippen LogP contribution in [0.5, 0.6) is 5.75 Å². The molecule has 2 N–H and O–H groups in total. The highest BCUT2D eigenvalue weighted by molar-refractivity contribution is 6.10. The fourth-order valence-corrected chi connectivity index (χ4v) is 2.11. The molecular weight excluding hydrogens is 264 g/mol. The number of rotatable bonds is 4. The number of nitrogens with two attached hydrogens (primary N) is 1. The predicted octanol–water partition coefficient (Wildman–Crippen LogP) is 3.25. The Kier molecular flexibility index (Phi) is 4.48. The number of nitrogens with zero attached hydrogens (tertiary/aromatic N) is 1. The molecule has 110 valence electrons. The molecule has 2 rings (SSSR count). The lowest BCUT2D eigenvalue weighted by Crippen LogP contribution is -2.27. The number of carbonyl (C=O) groups excluding carboxylic acids is 1. The molecule has 2 aromatic rings. The first-order valence-corrected chi connectivity index (χ1v) is 6.90. The summed E-state index contributed by atoms with van der Waals surface area (Å²) in [6, 6.07) is 13.0. The molecule has 21 heavy (non-hydrogen) atoms. The van der Waals surface area contributed by atoms with E-state index in [1.54, 1.807) is 30.1 Å². The van der Waals surface area contributed by atoms with Gasteiger partial charge in [-0.3, -0.25) is 4.79 Å². The molecule has 1 amide bonds. The predicted molar refractivity (Wildman–Crippen MR) is 85.9 cm³/mol. The number of nitrogen functional groups attached to an aromatic ring is 1. The third kappa shape index (κ3) is 3.16. The third-order valence-electron chi connectivity index (χ3n) is 3.30. The summed E-state index contributed by atoms with van der Waals surface area (Å²) in [6.45, 7) is 4.37. The summed E-state index contributed by atoms with van der Waals surface area (Å²) in [6.07, 6.45) is 0. The van der Waals surface area contributed by atoms with Gasteiger partial charge in [0.1, 0.15) is 11.3 Å². The summed E-state index contributed by atoms with van der Waals surface area (Å²) in [7, 11) is 1.73. The van der Waals surface area contributed by atoms with Crippen molar-refractivity contribution in [3.63, 3.8) is 0 Å². The highest BCUT2D eigenvalue weighted by Crippen LogP contribution is 2.27. The number of hydrogen-bond acceptors (Lipinski definition) is 3. The maximum atomic E-state index is 12.7. The largest absolute Gasteiger partial charge is 0.493 e. The number of amides is 1. The van der Waals surface area contributed by atoms with Crippen molar-refractivity contribution in [1.82, 2.24) is 0 Å². The van der Waals surface area contributed by atoms with Gasteiger partial charge in [0.15, 0.2) is 0 Å². The van der Waals surface area contributed by atoms with Gasteiger partial charge in [-0.1, -0.05) is 23.8 Å². The highest BCUT2D eigenvalue weighted by atomic mass is 16.5. The first-order valence-electron chi connectivity index (χ1n) is 6.90. The zero-order chi connectivity index (χ0) is 15.4. The number of hydrogen-bond donors (Lipinski definition) is 1. The van der Waals surface area contributed by atoms with E-state index in [2.05, 4.69) is 0 Å². The van der Waals surface area contributed by atoms with Crippen LogP contribution in [0.3, 0.4) is 0 Å². The zero-order valence-electron chi connectivity index (χ0n) is 12.6. The van der Waals surface area contributed by atoms with Crippen LogP contribution in [0.2, 0.25) is 0 Å². The molecule has 0 aliphatic carbocycles. The van der Waals surface area contributed by atoms with E-state index in [1.807, 2.05) is 38.1 Å².